The van der Waals surface area contributed by atoms with Gasteiger partial charge >= 0.3 is 5.97 Å². The van der Waals surface area contributed by atoms with E-state index in [2.05, 4.69) is 20.4 Å². The Morgan fingerprint density at radius 2 is 1.51 bits per heavy atom. The fourth-order valence-electron chi connectivity index (χ4n) is 9.85. The number of cyclic esters (lactones) is 1. The van der Waals surface area contributed by atoms with Gasteiger partial charge in [-0.15, -0.1) is 6.58 Å². The summed E-state index contributed by atoms with van der Waals surface area (Å²) in [5, 5.41) is 34.2. The smallest absolute Gasteiger partial charge is 0.329 e. The second kappa shape index (κ2) is 21.1. The van der Waals surface area contributed by atoms with Crippen LogP contribution >= 0.6 is 0 Å². The molecule has 0 aromatic heterocycles. The van der Waals surface area contributed by atoms with E-state index in [-0.39, 0.29) is 61.4 Å². The third-order valence-electron chi connectivity index (χ3n) is 13.3. The summed E-state index contributed by atoms with van der Waals surface area (Å²) in [6.45, 7) is 13.4. The predicted octanol–water partition coefficient (Wildman–Crippen LogP) is 4.72. The Hall–Kier alpha value is -2.52. The lowest BCUT2D eigenvalue weighted by Crippen LogP contribution is -2.64. The summed E-state index contributed by atoms with van der Waals surface area (Å²) in [6, 6.07) is -1.13. The van der Waals surface area contributed by atoms with Crippen LogP contribution < -0.4 is 0 Å². The fraction of sp³-hybridized carbons (Fsp3) is 0.818. The van der Waals surface area contributed by atoms with E-state index in [9.17, 15) is 34.5 Å². The molecule has 4 fully saturated rings. The van der Waals surface area contributed by atoms with Crippen molar-refractivity contribution in [2.75, 3.05) is 27.9 Å². The number of nitrogens with zero attached hydrogens (tertiary/aromatic N) is 1. The maximum atomic E-state index is 14.3. The number of carbonyl (C=O) groups is 4. The van der Waals surface area contributed by atoms with Crippen molar-refractivity contribution >= 4 is 23.4 Å². The zero-order valence-corrected chi connectivity index (χ0v) is 35.6. The number of carbonyl (C=O) groups excluding carboxylic acids is 4. The Morgan fingerprint density at radius 1 is 0.860 bits per heavy atom. The van der Waals surface area contributed by atoms with Crippen LogP contribution in [0, 0.1) is 35.5 Å². The van der Waals surface area contributed by atoms with Gasteiger partial charge in [-0.1, -0.05) is 39.8 Å². The molecule has 0 radical (unpaired) electrons. The average Bonchev–Trinajstić information content (AvgIpc) is 3.18. The minimum absolute atomic E-state index is 0.00291. The molecule has 2 unspecified atom stereocenters. The summed E-state index contributed by atoms with van der Waals surface area (Å²) in [6.07, 6.45) is 4.10. The molecule has 13 heteroatoms. The molecule has 4 rings (SSSR count). The Kier molecular flexibility index (Phi) is 17.5. The van der Waals surface area contributed by atoms with Crippen molar-refractivity contribution in [1.29, 1.82) is 0 Å². The number of ketones is 2. The molecule has 15 atom stereocenters. The fourth-order valence-corrected chi connectivity index (χ4v) is 9.85. The Morgan fingerprint density at radius 3 is 2.16 bits per heavy atom. The van der Waals surface area contributed by atoms with Gasteiger partial charge in [0.2, 0.25) is 5.79 Å². The van der Waals surface area contributed by atoms with Gasteiger partial charge in [-0.3, -0.25) is 14.4 Å². The molecule has 3 saturated heterocycles. The van der Waals surface area contributed by atoms with Gasteiger partial charge in [0.25, 0.3) is 11.7 Å². The van der Waals surface area contributed by atoms with Crippen LogP contribution in [0.15, 0.2) is 24.3 Å². The summed E-state index contributed by atoms with van der Waals surface area (Å²) in [7, 11) is 4.64. The molecule has 0 aromatic carbocycles. The molecule has 3 aliphatic heterocycles. The molecule has 3 N–H and O–H groups in total. The van der Waals surface area contributed by atoms with E-state index in [1.54, 1.807) is 27.0 Å². The van der Waals surface area contributed by atoms with E-state index < -0.39 is 77.9 Å². The maximum Gasteiger partial charge on any atom is 0.329 e. The number of ether oxygens (including phenoxy) is 5. The Bertz CT molecular complexity index is 1420. The van der Waals surface area contributed by atoms with Crippen molar-refractivity contribution < 1.29 is 58.2 Å². The van der Waals surface area contributed by atoms with E-state index in [4.69, 9.17) is 23.7 Å². The van der Waals surface area contributed by atoms with Crippen molar-refractivity contribution in [3.8, 4) is 0 Å². The molecule has 0 spiro atoms. The van der Waals surface area contributed by atoms with E-state index in [0.717, 1.165) is 6.42 Å². The van der Waals surface area contributed by atoms with Gasteiger partial charge in [-0.05, 0) is 101 Å². The van der Waals surface area contributed by atoms with E-state index >= 15 is 0 Å². The van der Waals surface area contributed by atoms with E-state index in [0.29, 0.717) is 56.9 Å². The second-order valence-electron chi connectivity index (χ2n) is 17.7. The van der Waals surface area contributed by atoms with Gasteiger partial charge < -0.3 is 43.9 Å². The number of hydrogen-bond acceptors (Lipinski definition) is 12. The van der Waals surface area contributed by atoms with Gasteiger partial charge in [0.15, 0.2) is 0 Å². The summed E-state index contributed by atoms with van der Waals surface area (Å²) in [5.41, 5.74) is 0.664. The number of piperidine rings is 1. The number of hydrogen-bond donors (Lipinski definition) is 3. The first-order valence-corrected chi connectivity index (χ1v) is 21.2. The highest BCUT2D eigenvalue weighted by Gasteiger charge is 2.56. The lowest BCUT2D eigenvalue weighted by molar-refractivity contribution is -0.302. The van der Waals surface area contributed by atoms with Gasteiger partial charge in [-0.2, -0.15) is 0 Å². The van der Waals surface area contributed by atoms with Gasteiger partial charge in [0.05, 0.1) is 30.5 Å². The van der Waals surface area contributed by atoms with Crippen LogP contribution in [0.4, 0.5) is 0 Å². The molecule has 13 nitrogen and oxygen atoms in total. The summed E-state index contributed by atoms with van der Waals surface area (Å²) < 4.78 is 29.8. The lowest BCUT2D eigenvalue weighted by Gasteiger charge is -2.47. The molecule has 0 aromatic rings. The van der Waals surface area contributed by atoms with Crippen molar-refractivity contribution in [1.82, 2.24) is 4.90 Å². The topological polar surface area (TPSA) is 178 Å². The number of aliphatic hydroxyl groups is 3. The number of amides is 1. The molecule has 57 heavy (non-hydrogen) atoms. The largest absolute Gasteiger partial charge is 0.456 e. The van der Waals surface area contributed by atoms with Crippen molar-refractivity contribution in [3.63, 3.8) is 0 Å². The minimum Gasteiger partial charge on any atom is -0.456 e. The molecular weight excluding hydrogens is 734 g/mol. The number of Topliss-reactive ketones (excluding diaryl/α,β-unsaturated/α-hetero) is 2. The van der Waals surface area contributed by atoms with Crippen LogP contribution in [0.25, 0.3) is 0 Å². The van der Waals surface area contributed by atoms with Crippen LogP contribution in [0.3, 0.4) is 0 Å². The number of allylic oxidation sites excluding steroid dienone is 2. The van der Waals surface area contributed by atoms with E-state index in [1.165, 1.54) is 19.1 Å². The van der Waals surface area contributed by atoms with Crippen molar-refractivity contribution in [2.45, 2.75) is 166 Å². The normalized spacial score (nSPS) is 41.5. The van der Waals surface area contributed by atoms with Crippen molar-refractivity contribution in [2.24, 2.45) is 35.5 Å². The van der Waals surface area contributed by atoms with Gasteiger partial charge in [0, 0.05) is 52.0 Å². The van der Waals surface area contributed by atoms with Crippen molar-refractivity contribution in [3.05, 3.63) is 24.3 Å². The third-order valence-corrected chi connectivity index (χ3v) is 13.3. The van der Waals surface area contributed by atoms with Crippen LogP contribution in [-0.4, -0.2) is 126 Å². The molecule has 1 saturated carbocycles. The quantitative estimate of drug-likeness (QED) is 0.184. The second-order valence-corrected chi connectivity index (χ2v) is 17.7. The number of fused-ring (bicyclic) bond motifs is 3. The average molecular weight is 806 g/mol. The van der Waals surface area contributed by atoms with Crippen LogP contribution in [-0.2, 0) is 42.9 Å². The number of rotatable bonds is 7. The molecule has 1 aliphatic carbocycles. The van der Waals surface area contributed by atoms with E-state index in [1.807, 2.05) is 13.0 Å². The lowest BCUT2D eigenvalue weighted by atomic mass is 9.79. The first kappa shape index (κ1) is 47.2. The highest BCUT2D eigenvalue weighted by Crippen LogP contribution is 2.39. The van der Waals surface area contributed by atoms with Crippen LogP contribution in [0.2, 0.25) is 0 Å². The zero-order chi connectivity index (χ0) is 42.2. The molecule has 2 bridgehead atoms. The number of methoxy groups -OCH3 is 3. The Labute approximate surface area is 339 Å². The summed E-state index contributed by atoms with van der Waals surface area (Å²) in [4.78, 5) is 57.9. The van der Waals surface area contributed by atoms with Crippen LogP contribution in [0.1, 0.15) is 112 Å². The van der Waals surface area contributed by atoms with Gasteiger partial charge in [-0.25, -0.2) is 4.79 Å². The molecular formula is C44H71NO12. The Balaban J connectivity index is 1.76. The zero-order valence-electron chi connectivity index (χ0n) is 35.6. The standard InChI is InChI=1S/C44H71NO12/c1-10-13-31-19-25(2)18-26(3)20-37(54-8)40-38(55-9)22-28(5)44(52,57-40)41(49)42(50)45-17-12-11-14-32(45)43(51)56-39(29(6)34(47)24-35(31)48)27(4)21-30-15-16-33(46)36(23-30)53-7/h10,21,25-26,28-34,36-40,46-47,52H,1,11-20,22-24H2,2-9H3/b27-21+/t25?,26-,28+,29+,30-,31-,32?,33+,34-,36+,37+,38-,39+,40+,44+/m0/s1. The minimum atomic E-state index is -2.50. The maximum absolute atomic E-state index is 14.3. The summed E-state index contributed by atoms with van der Waals surface area (Å²) >= 11 is 0. The SMILES string of the molecule is C=CC[C@H]1CC(C)C[C@H](C)C[C@@H](OC)[C@H]2O[C@@](O)(C(=O)C(=O)N3CCCCC3C(=O)O[C@H](/C(C)=C/[C@@H]3CC[C@@H](O)[C@H](OC)C3)[C@H](C)[C@@H](O)CC1=O)[C@H](C)C[C@@H]2OC. The van der Waals surface area contributed by atoms with Crippen LogP contribution in [0.5, 0.6) is 0 Å². The first-order valence-electron chi connectivity index (χ1n) is 21.2. The molecule has 4 aliphatic rings. The number of esters is 1. The highest BCUT2D eigenvalue weighted by atomic mass is 16.7. The highest BCUT2D eigenvalue weighted by molar-refractivity contribution is 6.39. The molecule has 1 amide bonds. The third kappa shape index (κ3) is 11.4. The monoisotopic (exact) mass is 805 g/mol. The summed E-state index contributed by atoms with van der Waals surface area (Å²) in [5.74, 6) is -7.27. The van der Waals surface area contributed by atoms with Gasteiger partial charge in [0.1, 0.15) is 24.0 Å². The predicted molar refractivity (Wildman–Crippen MR) is 213 cm³/mol. The first-order chi connectivity index (χ1) is 27.0. The molecule has 324 valence electrons. The number of aliphatic hydroxyl groups excluding tert-OH is 2. The molecule has 3 heterocycles.